The molecule has 1 unspecified atom stereocenters. The molecule has 0 saturated carbocycles. The lowest BCUT2D eigenvalue weighted by Crippen LogP contribution is -1.91. The Morgan fingerprint density at radius 2 is 1.62 bits per heavy atom. The van der Waals surface area contributed by atoms with Gasteiger partial charge in [-0.2, -0.15) is 0 Å². The largest absolute Gasteiger partial charge is 0.255 e. The molecule has 0 bridgehead atoms. The van der Waals surface area contributed by atoms with Crippen molar-refractivity contribution < 1.29 is 8.60 Å². The first kappa shape index (κ1) is 11.0. The molecule has 0 N–H and O–H groups in total. The van der Waals surface area contributed by atoms with E-state index in [9.17, 15) is 8.60 Å². The minimum absolute atomic E-state index is 0.265. The van der Waals surface area contributed by atoms with Crippen molar-refractivity contribution in [1.82, 2.24) is 0 Å². The molecule has 0 aromatic heterocycles. The number of halogens is 1. The summed E-state index contributed by atoms with van der Waals surface area (Å²) in [6.07, 6.45) is 1.64. The summed E-state index contributed by atoms with van der Waals surface area (Å²) < 4.78 is 24.3. The first-order valence-corrected chi connectivity index (χ1v) is 6.42. The van der Waals surface area contributed by atoms with Gasteiger partial charge in [-0.25, -0.2) is 4.39 Å². The average Bonchev–Trinajstić information content (AvgIpc) is 2.30. The summed E-state index contributed by atoms with van der Waals surface area (Å²) in [7, 11) is -1.04. The van der Waals surface area contributed by atoms with Crippen LogP contribution in [0.5, 0.6) is 0 Å². The second-order valence-corrected chi connectivity index (χ2v) is 4.81. The summed E-state index contributed by atoms with van der Waals surface area (Å²) >= 11 is 0. The van der Waals surface area contributed by atoms with Crippen LogP contribution < -0.4 is 0 Å². The third-order valence-corrected chi connectivity index (χ3v) is 3.33. The summed E-state index contributed by atoms with van der Waals surface area (Å²) in [5.41, 5.74) is 1.77. The van der Waals surface area contributed by atoms with Crippen LogP contribution in [0.4, 0.5) is 4.39 Å². The van der Waals surface area contributed by atoms with Crippen molar-refractivity contribution in [3.63, 3.8) is 0 Å². The van der Waals surface area contributed by atoms with Crippen molar-refractivity contribution >= 4 is 10.8 Å². The third kappa shape index (κ3) is 2.19. The van der Waals surface area contributed by atoms with E-state index in [1.54, 1.807) is 18.4 Å². The zero-order valence-corrected chi connectivity index (χ0v) is 9.63. The van der Waals surface area contributed by atoms with Gasteiger partial charge in [-0.1, -0.05) is 30.3 Å². The van der Waals surface area contributed by atoms with Crippen molar-refractivity contribution in [3.8, 4) is 11.1 Å². The van der Waals surface area contributed by atoms with Crippen molar-refractivity contribution in [2.24, 2.45) is 0 Å². The van der Waals surface area contributed by atoms with E-state index in [4.69, 9.17) is 0 Å². The van der Waals surface area contributed by atoms with Gasteiger partial charge in [-0.15, -0.1) is 0 Å². The highest BCUT2D eigenvalue weighted by Crippen LogP contribution is 2.25. The van der Waals surface area contributed by atoms with Crippen LogP contribution in [0.1, 0.15) is 0 Å². The smallest absolute Gasteiger partial charge is 0.123 e. The fourth-order valence-corrected chi connectivity index (χ4v) is 2.35. The zero-order valence-electron chi connectivity index (χ0n) is 8.81. The summed E-state index contributed by atoms with van der Waals surface area (Å²) in [5, 5.41) is 0. The Labute approximate surface area is 96.4 Å². The van der Waals surface area contributed by atoms with Crippen LogP contribution in [0.2, 0.25) is 0 Å². The fraction of sp³-hybridized carbons (Fsp3) is 0.0769. The molecule has 0 aliphatic heterocycles. The topological polar surface area (TPSA) is 17.1 Å². The van der Waals surface area contributed by atoms with Crippen molar-refractivity contribution in [2.75, 3.05) is 6.26 Å². The molecule has 0 aliphatic rings. The SMILES string of the molecule is CS(=O)c1ccccc1-c1ccc(F)cc1. The minimum Gasteiger partial charge on any atom is -0.255 e. The van der Waals surface area contributed by atoms with Crippen LogP contribution in [0.3, 0.4) is 0 Å². The van der Waals surface area contributed by atoms with Gasteiger partial charge < -0.3 is 0 Å². The van der Waals surface area contributed by atoms with Gasteiger partial charge in [-0.3, -0.25) is 4.21 Å². The standard InChI is InChI=1S/C13H11FOS/c1-16(15)13-5-3-2-4-12(13)10-6-8-11(14)9-7-10/h2-9H,1H3. The van der Waals surface area contributed by atoms with Crippen LogP contribution in [0.15, 0.2) is 53.4 Å². The van der Waals surface area contributed by atoms with E-state index in [0.29, 0.717) is 0 Å². The quantitative estimate of drug-likeness (QED) is 0.779. The van der Waals surface area contributed by atoms with Crippen molar-refractivity contribution in [3.05, 3.63) is 54.3 Å². The molecule has 2 aromatic carbocycles. The molecule has 0 spiro atoms. The normalized spacial score (nSPS) is 12.4. The average molecular weight is 234 g/mol. The Morgan fingerprint density at radius 3 is 2.25 bits per heavy atom. The summed E-state index contributed by atoms with van der Waals surface area (Å²) in [6, 6.07) is 13.7. The molecule has 0 saturated heterocycles. The molecule has 2 aromatic rings. The molecule has 82 valence electrons. The van der Waals surface area contributed by atoms with E-state index < -0.39 is 10.8 Å². The van der Waals surface area contributed by atoms with Crippen molar-refractivity contribution in [2.45, 2.75) is 4.90 Å². The molecule has 0 heterocycles. The monoisotopic (exact) mass is 234 g/mol. The first-order valence-electron chi connectivity index (χ1n) is 4.87. The predicted octanol–water partition coefficient (Wildman–Crippen LogP) is 3.23. The molecule has 0 amide bonds. The fourth-order valence-electron chi connectivity index (χ4n) is 1.59. The van der Waals surface area contributed by atoms with Gasteiger partial charge in [0.2, 0.25) is 0 Å². The molecular weight excluding hydrogens is 223 g/mol. The van der Waals surface area contributed by atoms with Crippen molar-refractivity contribution in [1.29, 1.82) is 0 Å². The van der Waals surface area contributed by atoms with E-state index >= 15 is 0 Å². The van der Waals surface area contributed by atoms with Gasteiger partial charge >= 0.3 is 0 Å². The van der Waals surface area contributed by atoms with E-state index in [2.05, 4.69) is 0 Å². The summed E-state index contributed by atoms with van der Waals surface area (Å²) in [6.45, 7) is 0. The lowest BCUT2D eigenvalue weighted by molar-refractivity contribution is 0.628. The lowest BCUT2D eigenvalue weighted by Gasteiger charge is -2.06. The zero-order chi connectivity index (χ0) is 11.5. The molecule has 3 heteroatoms. The Morgan fingerprint density at radius 1 is 1.00 bits per heavy atom. The third-order valence-electron chi connectivity index (χ3n) is 2.35. The Balaban J connectivity index is 2.55. The maximum atomic E-state index is 12.8. The highest BCUT2D eigenvalue weighted by atomic mass is 32.2. The van der Waals surface area contributed by atoms with Crippen LogP contribution in [-0.4, -0.2) is 10.5 Å². The van der Waals surface area contributed by atoms with E-state index in [-0.39, 0.29) is 5.82 Å². The summed E-state index contributed by atoms with van der Waals surface area (Å²) in [4.78, 5) is 0.772. The second-order valence-electron chi connectivity index (χ2n) is 3.46. The van der Waals surface area contributed by atoms with Gasteiger partial charge in [0.1, 0.15) is 5.82 Å². The Kier molecular flexibility index (Phi) is 3.15. The molecule has 16 heavy (non-hydrogen) atoms. The lowest BCUT2D eigenvalue weighted by atomic mass is 10.1. The van der Waals surface area contributed by atoms with Crippen LogP contribution in [-0.2, 0) is 10.8 Å². The highest BCUT2D eigenvalue weighted by Gasteiger charge is 2.06. The molecule has 0 radical (unpaired) electrons. The molecule has 2 rings (SSSR count). The summed E-state index contributed by atoms with van der Waals surface area (Å²) in [5.74, 6) is -0.265. The molecule has 1 nitrogen and oxygen atoms in total. The number of hydrogen-bond donors (Lipinski definition) is 0. The van der Waals surface area contributed by atoms with Gasteiger partial charge in [0.15, 0.2) is 0 Å². The maximum Gasteiger partial charge on any atom is 0.123 e. The predicted molar refractivity (Wildman–Crippen MR) is 64.2 cm³/mol. The van der Waals surface area contributed by atoms with Crippen LogP contribution >= 0.6 is 0 Å². The molecular formula is C13H11FOS. The van der Waals surface area contributed by atoms with E-state index in [1.807, 2.05) is 24.3 Å². The number of benzene rings is 2. The van der Waals surface area contributed by atoms with Gasteiger partial charge in [0, 0.05) is 11.2 Å². The molecule has 0 fully saturated rings. The van der Waals surface area contributed by atoms with Crippen LogP contribution in [0.25, 0.3) is 11.1 Å². The number of rotatable bonds is 2. The molecule has 0 aliphatic carbocycles. The molecule has 1 atom stereocenters. The number of hydrogen-bond acceptors (Lipinski definition) is 1. The van der Waals surface area contributed by atoms with Crippen LogP contribution in [0, 0.1) is 5.82 Å². The second kappa shape index (κ2) is 4.58. The minimum atomic E-state index is -1.04. The Hall–Kier alpha value is -1.48. The van der Waals surface area contributed by atoms with E-state index in [1.165, 1.54) is 12.1 Å². The Bertz CT molecular complexity index is 520. The highest BCUT2D eigenvalue weighted by molar-refractivity contribution is 7.84. The van der Waals surface area contributed by atoms with Gasteiger partial charge in [-0.05, 0) is 29.3 Å². The van der Waals surface area contributed by atoms with Gasteiger partial charge in [0.25, 0.3) is 0 Å². The van der Waals surface area contributed by atoms with E-state index in [0.717, 1.165) is 16.0 Å². The van der Waals surface area contributed by atoms with Gasteiger partial charge in [0.05, 0.1) is 10.8 Å². The maximum absolute atomic E-state index is 12.8. The first-order chi connectivity index (χ1) is 7.68.